The number of aliphatic imine (C=N–C) groups is 1. The number of rotatable bonds is 5. The molecule has 0 spiro atoms. The summed E-state index contributed by atoms with van der Waals surface area (Å²) in [4.78, 5) is 26.5. The second-order valence-electron chi connectivity index (χ2n) is 10.1. The Hall–Kier alpha value is -4.46. The highest BCUT2D eigenvalue weighted by molar-refractivity contribution is 6.21. The number of guanidine groups is 1. The van der Waals surface area contributed by atoms with Crippen LogP contribution in [0.15, 0.2) is 84.0 Å². The maximum Gasteiger partial charge on any atom is 0.264 e. The maximum atomic E-state index is 13.6. The molecule has 4 heterocycles. The van der Waals surface area contributed by atoms with Gasteiger partial charge < -0.3 is 14.8 Å². The summed E-state index contributed by atoms with van der Waals surface area (Å²) in [5.74, 6) is 1.09. The van der Waals surface area contributed by atoms with Gasteiger partial charge in [-0.1, -0.05) is 48.5 Å². The van der Waals surface area contributed by atoms with Crippen molar-refractivity contribution in [2.45, 2.75) is 37.9 Å². The number of aromatic nitrogens is 2. The summed E-state index contributed by atoms with van der Waals surface area (Å²) in [5.41, 5.74) is 5.05. The molecular weight excluding hydrogens is 479 g/mol. The highest BCUT2D eigenvalue weighted by Crippen LogP contribution is 2.46. The first kappa shape index (κ1) is 22.7. The zero-order chi connectivity index (χ0) is 25.8. The summed E-state index contributed by atoms with van der Waals surface area (Å²) in [5, 5.41) is 3.62. The third-order valence-corrected chi connectivity index (χ3v) is 7.75. The Balaban J connectivity index is 1.30. The van der Waals surface area contributed by atoms with Crippen molar-refractivity contribution in [3.8, 4) is 11.3 Å². The summed E-state index contributed by atoms with van der Waals surface area (Å²) in [7, 11) is 1.82. The molecule has 0 bridgehead atoms. The largest absolute Gasteiger partial charge is 0.340 e. The molecule has 3 aliphatic rings. The number of para-hydroxylation sites is 1. The minimum Gasteiger partial charge on any atom is -0.340 e. The predicted octanol–water partition coefficient (Wildman–Crippen LogP) is 5.66. The molecule has 190 valence electrons. The summed E-state index contributed by atoms with van der Waals surface area (Å²) in [6.45, 7) is 0.560. The first-order chi connectivity index (χ1) is 18.6. The molecule has 1 fully saturated rings. The van der Waals surface area contributed by atoms with Gasteiger partial charge >= 0.3 is 0 Å². The number of hydrogen-bond acceptors (Lipinski definition) is 5. The van der Waals surface area contributed by atoms with Crippen molar-refractivity contribution in [3.63, 3.8) is 0 Å². The Bertz CT molecular complexity index is 1560. The monoisotopic (exact) mass is 506 g/mol. The van der Waals surface area contributed by atoms with Gasteiger partial charge in [-0.05, 0) is 49.1 Å². The maximum absolute atomic E-state index is 13.6. The molecule has 2 aromatic carbocycles. The third kappa shape index (κ3) is 3.67. The van der Waals surface area contributed by atoms with Gasteiger partial charge in [0.05, 0.1) is 29.0 Å². The SMILES string of the molecule is CN1C(=O)c2cn(Cc3ccc(-c4cccc(F)n4)cc3)c(Nc3ccccc3)c2N2C1=N[C@@H]1CCC[C@@H]12. The van der Waals surface area contributed by atoms with Crippen molar-refractivity contribution in [2.24, 2.45) is 4.99 Å². The van der Waals surface area contributed by atoms with Gasteiger partial charge in [-0.2, -0.15) is 4.39 Å². The van der Waals surface area contributed by atoms with Gasteiger partial charge in [-0.3, -0.25) is 9.69 Å². The highest BCUT2D eigenvalue weighted by Gasteiger charge is 2.48. The van der Waals surface area contributed by atoms with E-state index in [-0.39, 0.29) is 18.0 Å². The molecule has 1 saturated carbocycles. The number of amides is 1. The standard InChI is InChI=1S/C30H27FN6O/c1-35-29(38)22-18-36(17-19-13-15-20(16-14-19)23-9-6-12-26(31)33-23)28(32-21-7-3-2-4-8-21)27(22)37-25-11-5-10-24(25)34-30(35)37/h2-4,6-9,12-16,18,24-25,32H,5,10-11,17H2,1H3/t24-,25+/m1/s1. The van der Waals surface area contributed by atoms with Crippen molar-refractivity contribution in [1.82, 2.24) is 14.5 Å². The van der Waals surface area contributed by atoms with Gasteiger partial charge in [0.1, 0.15) is 5.82 Å². The fourth-order valence-electron chi connectivity index (χ4n) is 5.92. The number of anilines is 3. The van der Waals surface area contributed by atoms with E-state index in [2.05, 4.69) is 19.8 Å². The molecule has 38 heavy (non-hydrogen) atoms. The summed E-state index contributed by atoms with van der Waals surface area (Å²) >= 11 is 0. The summed E-state index contributed by atoms with van der Waals surface area (Å²) < 4.78 is 15.7. The third-order valence-electron chi connectivity index (χ3n) is 7.75. The number of benzene rings is 2. The van der Waals surface area contributed by atoms with Gasteiger partial charge in [-0.25, -0.2) is 9.98 Å². The molecule has 1 amide bonds. The Morgan fingerprint density at radius 3 is 2.61 bits per heavy atom. The lowest BCUT2D eigenvalue weighted by atomic mass is 10.1. The van der Waals surface area contributed by atoms with E-state index in [0.717, 1.165) is 53.5 Å². The molecule has 8 heteroatoms. The second-order valence-corrected chi connectivity index (χ2v) is 10.1. The smallest absolute Gasteiger partial charge is 0.264 e. The van der Waals surface area contributed by atoms with E-state index < -0.39 is 5.95 Å². The number of halogens is 1. The molecule has 2 aromatic heterocycles. The first-order valence-corrected chi connectivity index (χ1v) is 13.0. The Morgan fingerprint density at radius 2 is 1.82 bits per heavy atom. The van der Waals surface area contributed by atoms with Crippen LogP contribution < -0.4 is 10.2 Å². The van der Waals surface area contributed by atoms with E-state index in [4.69, 9.17) is 4.99 Å². The molecule has 2 atom stereocenters. The molecule has 1 N–H and O–H groups in total. The zero-order valence-corrected chi connectivity index (χ0v) is 21.0. The van der Waals surface area contributed by atoms with Crippen LogP contribution in [0, 0.1) is 5.95 Å². The van der Waals surface area contributed by atoms with Crippen LogP contribution in [0.2, 0.25) is 0 Å². The molecule has 4 aromatic rings. The number of pyridine rings is 1. The van der Waals surface area contributed by atoms with E-state index >= 15 is 0 Å². The number of carbonyl (C=O) groups is 1. The minimum atomic E-state index is -0.495. The lowest BCUT2D eigenvalue weighted by Gasteiger charge is -2.36. The van der Waals surface area contributed by atoms with Crippen LogP contribution in [-0.2, 0) is 6.54 Å². The molecule has 2 aliphatic heterocycles. The van der Waals surface area contributed by atoms with Crippen molar-refractivity contribution in [3.05, 3.63) is 96.1 Å². The molecule has 0 saturated heterocycles. The summed E-state index contributed by atoms with van der Waals surface area (Å²) in [6, 6.07) is 23.3. The van der Waals surface area contributed by atoms with Crippen LogP contribution in [0.3, 0.4) is 0 Å². The number of hydrogen-bond donors (Lipinski definition) is 1. The predicted molar refractivity (Wildman–Crippen MR) is 146 cm³/mol. The van der Waals surface area contributed by atoms with Gasteiger partial charge in [0, 0.05) is 31.0 Å². The summed E-state index contributed by atoms with van der Waals surface area (Å²) in [6.07, 6.45) is 5.21. The Morgan fingerprint density at radius 1 is 1.00 bits per heavy atom. The topological polar surface area (TPSA) is 65.8 Å². The van der Waals surface area contributed by atoms with Crippen molar-refractivity contribution in [1.29, 1.82) is 0 Å². The Labute approximate surface area is 220 Å². The van der Waals surface area contributed by atoms with E-state index in [1.807, 2.05) is 67.8 Å². The minimum absolute atomic E-state index is 0.0441. The molecular formula is C30H27FN6O. The second kappa shape index (κ2) is 8.83. The van der Waals surface area contributed by atoms with Crippen LogP contribution in [0.4, 0.5) is 21.6 Å². The molecule has 0 radical (unpaired) electrons. The van der Waals surface area contributed by atoms with E-state index in [1.54, 1.807) is 17.0 Å². The number of fused-ring (bicyclic) bond motifs is 5. The van der Waals surface area contributed by atoms with Gasteiger partial charge in [0.15, 0.2) is 0 Å². The number of nitrogens with zero attached hydrogens (tertiary/aromatic N) is 5. The van der Waals surface area contributed by atoms with Crippen molar-refractivity contribution in [2.75, 3.05) is 17.3 Å². The Kier molecular flexibility index (Phi) is 5.28. The number of carbonyl (C=O) groups excluding carboxylic acids is 1. The molecule has 7 nitrogen and oxygen atoms in total. The normalized spacial score (nSPS) is 19.7. The highest BCUT2D eigenvalue weighted by atomic mass is 19.1. The lowest BCUT2D eigenvalue weighted by Crippen LogP contribution is -2.51. The van der Waals surface area contributed by atoms with Crippen molar-refractivity contribution >= 4 is 29.1 Å². The van der Waals surface area contributed by atoms with Crippen molar-refractivity contribution < 1.29 is 9.18 Å². The average Bonchev–Trinajstić information content (AvgIpc) is 3.62. The average molecular weight is 507 g/mol. The van der Waals surface area contributed by atoms with Gasteiger partial charge in [-0.15, -0.1) is 0 Å². The first-order valence-electron chi connectivity index (χ1n) is 13.0. The fourth-order valence-corrected chi connectivity index (χ4v) is 5.92. The quantitative estimate of drug-likeness (QED) is 0.355. The van der Waals surface area contributed by atoms with Crippen LogP contribution in [0.1, 0.15) is 35.2 Å². The van der Waals surface area contributed by atoms with Gasteiger partial charge in [0.2, 0.25) is 11.9 Å². The van der Waals surface area contributed by atoms with Crippen LogP contribution in [-0.4, -0.2) is 45.4 Å². The van der Waals surface area contributed by atoms with Gasteiger partial charge in [0.25, 0.3) is 5.91 Å². The van der Waals surface area contributed by atoms with E-state index in [0.29, 0.717) is 17.8 Å². The lowest BCUT2D eigenvalue weighted by molar-refractivity contribution is 0.0865. The van der Waals surface area contributed by atoms with Crippen LogP contribution in [0.5, 0.6) is 0 Å². The molecule has 0 unspecified atom stereocenters. The van der Waals surface area contributed by atoms with E-state index in [9.17, 15) is 9.18 Å². The van der Waals surface area contributed by atoms with Crippen LogP contribution >= 0.6 is 0 Å². The molecule has 1 aliphatic carbocycles. The molecule has 7 rings (SSSR count). The van der Waals surface area contributed by atoms with E-state index in [1.165, 1.54) is 6.07 Å². The fraction of sp³-hybridized carbons (Fsp3) is 0.233. The zero-order valence-electron chi connectivity index (χ0n) is 21.0. The number of nitrogens with one attached hydrogen (secondary N) is 1. The van der Waals surface area contributed by atoms with Crippen LogP contribution in [0.25, 0.3) is 11.3 Å².